The van der Waals surface area contributed by atoms with E-state index < -0.39 is 11.8 Å². The van der Waals surface area contributed by atoms with Gasteiger partial charge in [-0.25, -0.2) is 9.78 Å². The van der Waals surface area contributed by atoms with E-state index in [1.807, 2.05) is 6.92 Å². The van der Waals surface area contributed by atoms with E-state index in [0.717, 1.165) is 0 Å². The Bertz CT molecular complexity index is 1320. The molecule has 166 valence electrons. The largest absolute Gasteiger partial charge is 0.618 e. The Balaban J connectivity index is 1.76. The molecular formula is C25H19ClN2O5. The molecule has 0 spiro atoms. The van der Waals surface area contributed by atoms with Crippen molar-refractivity contribution in [2.75, 3.05) is 6.61 Å². The maximum atomic E-state index is 13.3. The summed E-state index contributed by atoms with van der Waals surface area (Å²) in [4.78, 5) is 30.2. The Morgan fingerprint density at radius 1 is 1.00 bits per heavy atom. The predicted octanol–water partition coefficient (Wildman–Crippen LogP) is 4.51. The van der Waals surface area contributed by atoms with Crippen LogP contribution in [0.1, 0.15) is 39.0 Å². The lowest BCUT2D eigenvalue weighted by Gasteiger charge is -2.13. The number of ketones is 1. The zero-order chi connectivity index (χ0) is 23.4. The number of ether oxygens (including phenoxy) is 2. The van der Waals surface area contributed by atoms with Crippen molar-refractivity contribution in [2.24, 2.45) is 0 Å². The second-order valence-corrected chi connectivity index (χ2v) is 7.50. The van der Waals surface area contributed by atoms with Gasteiger partial charge in [-0.3, -0.25) is 4.79 Å². The van der Waals surface area contributed by atoms with Crippen LogP contribution >= 0.6 is 11.6 Å². The van der Waals surface area contributed by atoms with E-state index in [4.69, 9.17) is 21.1 Å². The second-order valence-electron chi connectivity index (χ2n) is 7.06. The standard InChI is InChI=1S/C25H19ClN2O5/c1-2-32-19-12-13-20-22(14-19)28(31)23(24(29)16-6-4-3-5-7-16)21(27-20)15-33-25(30)17-8-10-18(26)11-9-17/h3-14H,2,15H2,1H3. The van der Waals surface area contributed by atoms with Gasteiger partial charge in [0.1, 0.15) is 17.9 Å². The highest BCUT2D eigenvalue weighted by Gasteiger charge is 2.28. The van der Waals surface area contributed by atoms with Crippen molar-refractivity contribution in [3.63, 3.8) is 0 Å². The lowest BCUT2D eigenvalue weighted by Crippen LogP contribution is -2.38. The van der Waals surface area contributed by atoms with E-state index in [0.29, 0.717) is 33.2 Å². The molecule has 0 amide bonds. The van der Waals surface area contributed by atoms with Crippen molar-refractivity contribution in [3.05, 3.63) is 106 Å². The number of hydrogen-bond donors (Lipinski definition) is 0. The fourth-order valence-electron chi connectivity index (χ4n) is 3.31. The van der Waals surface area contributed by atoms with Crippen molar-refractivity contribution in [3.8, 4) is 5.75 Å². The Morgan fingerprint density at radius 2 is 1.73 bits per heavy atom. The molecule has 0 fully saturated rings. The number of fused-ring (bicyclic) bond motifs is 1. The third-order valence-corrected chi connectivity index (χ3v) is 5.13. The van der Waals surface area contributed by atoms with Crippen LogP contribution in [0.4, 0.5) is 0 Å². The van der Waals surface area contributed by atoms with Crippen LogP contribution in [0, 0.1) is 5.21 Å². The van der Waals surface area contributed by atoms with Gasteiger partial charge in [0.25, 0.3) is 11.5 Å². The topological polar surface area (TPSA) is 92.4 Å². The SMILES string of the molecule is CCOc1ccc2nc(COC(=O)c3ccc(Cl)cc3)c(C(=O)c3ccccc3)[n+]([O-])c2c1. The van der Waals surface area contributed by atoms with Crippen LogP contribution in [0.2, 0.25) is 5.02 Å². The highest BCUT2D eigenvalue weighted by Crippen LogP contribution is 2.21. The maximum absolute atomic E-state index is 13.3. The molecule has 1 heterocycles. The summed E-state index contributed by atoms with van der Waals surface area (Å²) in [5, 5.41) is 13.8. The molecule has 0 aliphatic carbocycles. The monoisotopic (exact) mass is 462 g/mol. The molecule has 33 heavy (non-hydrogen) atoms. The second kappa shape index (κ2) is 9.67. The van der Waals surface area contributed by atoms with Crippen molar-refractivity contribution >= 4 is 34.4 Å². The highest BCUT2D eigenvalue weighted by atomic mass is 35.5. The summed E-state index contributed by atoms with van der Waals surface area (Å²) in [6.07, 6.45) is 0. The first-order chi connectivity index (χ1) is 16.0. The molecule has 0 saturated carbocycles. The highest BCUT2D eigenvalue weighted by molar-refractivity contribution is 6.30. The molecule has 3 aromatic carbocycles. The third kappa shape index (κ3) is 4.78. The summed E-state index contributed by atoms with van der Waals surface area (Å²) in [5.41, 5.74) is 0.953. The fourth-order valence-corrected chi connectivity index (χ4v) is 3.43. The van der Waals surface area contributed by atoms with Crippen LogP contribution in [-0.2, 0) is 11.3 Å². The number of rotatable bonds is 7. The molecule has 0 unspecified atom stereocenters. The summed E-state index contributed by atoms with van der Waals surface area (Å²) in [5.74, 6) is -0.674. The van der Waals surface area contributed by atoms with Gasteiger partial charge in [0.2, 0.25) is 5.52 Å². The Labute approximate surface area is 194 Å². The quantitative estimate of drug-likeness (QED) is 0.174. The summed E-state index contributed by atoms with van der Waals surface area (Å²) < 4.78 is 11.4. The van der Waals surface area contributed by atoms with E-state index in [1.165, 1.54) is 18.2 Å². The van der Waals surface area contributed by atoms with Crippen LogP contribution in [-0.4, -0.2) is 23.3 Å². The molecule has 4 rings (SSSR count). The van der Waals surface area contributed by atoms with Crippen LogP contribution in [0.15, 0.2) is 72.8 Å². The lowest BCUT2D eigenvalue weighted by atomic mass is 10.1. The number of aromatic nitrogens is 2. The summed E-state index contributed by atoms with van der Waals surface area (Å²) in [6.45, 7) is 1.89. The molecule has 0 saturated heterocycles. The molecule has 4 aromatic rings. The van der Waals surface area contributed by atoms with Gasteiger partial charge in [0, 0.05) is 10.6 Å². The summed E-state index contributed by atoms with van der Waals surface area (Å²) in [6, 6.07) is 19.4. The van der Waals surface area contributed by atoms with E-state index in [-0.39, 0.29) is 29.1 Å². The van der Waals surface area contributed by atoms with Gasteiger partial charge in [0.15, 0.2) is 5.69 Å². The zero-order valence-electron chi connectivity index (χ0n) is 17.7. The van der Waals surface area contributed by atoms with Gasteiger partial charge < -0.3 is 14.7 Å². The Hall–Kier alpha value is -3.97. The van der Waals surface area contributed by atoms with Gasteiger partial charge in [-0.1, -0.05) is 41.9 Å². The van der Waals surface area contributed by atoms with Gasteiger partial charge >= 0.3 is 5.97 Å². The molecular weight excluding hydrogens is 444 g/mol. The first kappa shape index (κ1) is 22.2. The van der Waals surface area contributed by atoms with E-state index in [1.54, 1.807) is 54.6 Å². The Kier molecular flexibility index (Phi) is 6.51. The zero-order valence-corrected chi connectivity index (χ0v) is 18.4. The minimum Gasteiger partial charge on any atom is -0.618 e. The van der Waals surface area contributed by atoms with Crippen molar-refractivity contribution in [1.82, 2.24) is 4.98 Å². The van der Waals surface area contributed by atoms with Crippen LogP contribution in [0.5, 0.6) is 5.75 Å². The van der Waals surface area contributed by atoms with E-state index >= 15 is 0 Å². The van der Waals surface area contributed by atoms with Gasteiger partial charge in [-0.15, -0.1) is 0 Å². The molecule has 1 aromatic heterocycles. The van der Waals surface area contributed by atoms with Crippen molar-refractivity contribution < 1.29 is 23.8 Å². The number of carbonyl (C=O) groups is 2. The molecule has 0 radical (unpaired) electrons. The average Bonchev–Trinajstić information content (AvgIpc) is 2.84. The van der Waals surface area contributed by atoms with Crippen LogP contribution in [0.25, 0.3) is 11.0 Å². The van der Waals surface area contributed by atoms with E-state index in [9.17, 15) is 14.8 Å². The minimum absolute atomic E-state index is 0.0535. The molecule has 7 nitrogen and oxygen atoms in total. The molecule has 0 aliphatic rings. The number of esters is 1. The number of benzene rings is 3. The normalized spacial score (nSPS) is 10.7. The number of nitrogens with zero attached hydrogens (tertiary/aromatic N) is 2. The fraction of sp³-hybridized carbons (Fsp3) is 0.120. The molecule has 8 heteroatoms. The summed E-state index contributed by atoms with van der Waals surface area (Å²) >= 11 is 5.86. The van der Waals surface area contributed by atoms with Crippen LogP contribution < -0.4 is 9.47 Å². The maximum Gasteiger partial charge on any atom is 0.338 e. The molecule has 0 bridgehead atoms. The molecule has 0 N–H and O–H groups in total. The third-order valence-electron chi connectivity index (χ3n) is 4.88. The smallest absolute Gasteiger partial charge is 0.338 e. The Morgan fingerprint density at radius 3 is 2.42 bits per heavy atom. The van der Waals surface area contributed by atoms with Crippen LogP contribution in [0.3, 0.4) is 0 Å². The number of carbonyl (C=O) groups excluding carboxylic acids is 2. The number of halogens is 1. The first-order valence-corrected chi connectivity index (χ1v) is 10.6. The minimum atomic E-state index is -0.629. The van der Waals surface area contributed by atoms with E-state index in [2.05, 4.69) is 4.98 Å². The van der Waals surface area contributed by atoms with Gasteiger partial charge in [0.05, 0.1) is 18.2 Å². The predicted molar refractivity (Wildman–Crippen MR) is 122 cm³/mol. The number of hydrogen-bond acceptors (Lipinski definition) is 6. The average molecular weight is 463 g/mol. The van der Waals surface area contributed by atoms with Gasteiger partial charge in [-0.05, 0) is 43.3 Å². The van der Waals surface area contributed by atoms with Gasteiger partial charge in [-0.2, -0.15) is 4.73 Å². The van der Waals surface area contributed by atoms with Crippen molar-refractivity contribution in [2.45, 2.75) is 13.5 Å². The summed E-state index contributed by atoms with van der Waals surface area (Å²) in [7, 11) is 0. The van der Waals surface area contributed by atoms with Crippen molar-refractivity contribution in [1.29, 1.82) is 0 Å². The molecule has 0 aliphatic heterocycles. The molecule has 0 atom stereocenters. The first-order valence-electron chi connectivity index (χ1n) is 10.2. The lowest BCUT2D eigenvalue weighted by molar-refractivity contribution is -0.580.